The molecular weight excluding hydrogens is 232 g/mol. The average molecular weight is 256 g/mol. The van der Waals surface area contributed by atoms with E-state index in [1.165, 1.54) is 34.7 Å². The number of unbranched alkanes of at least 4 members (excludes halogenated alkanes) is 1. The van der Waals surface area contributed by atoms with Crippen LogP contribution in [0.3, 0.4) is 0 Å². The summed E-state index contributed by atoms with van der Waals surface area (Å²) in [5.41, 5.74) is 2.69. The minimum Gasteiger partial charge on any atom is -0.320 e. The number of fused-ring (bicyclic) bond motifs is 1. The molecule has 0 amide bonds. The Balaban J connectivity index is 1.86. The lowest BCUT2D eigenvalue weighted by molar-refractivity contribution is 0.606. The molecular formula is C17H24N2. The molecule has 0 aromatic heterocycles. The molecule has 0 spiro atoms. The van der Waals surface area contributed by atoms with Crippen molar-refractivity contribution in [3.63, 3.8) is 0 Å². The Hall–Kier alpha value is -1.38. The van der Waals surface area contributed by atoms with E-state index in [2.05, 4.69) is 54.0 Å². The highest BCUT2D eigenvalue weighted by Crippen LogP contribution is 2.17. The van der Waals surface area contributed by atoms with E-state index in [1.54, 1.807) is 0 Å². The first kappa shape index (κ1) is 14.0. The van der Waals surface area contributed by atoms with E-state index >= 15 is 0 Å². The highest BCUT2D eigenvalue weighted by Gasteiger charge is 1.97. The standard InChI is InChI=1S/C17H24N2/c1-14-5-7-17-12-15(6-8-16(17)11-14)13-19-10-4-3-9-18-2/h5-8,11-12,18-19H,3-4,9-10,13H2,1-2H3. The van der Waals surface area contributed by atoms with Crippen LogP contribution in [0.5, 0.6) is 0 Å². The lowest BCUT2D eigenvalue weighted by Crippen LogP contribution is -2.16. The zero-order chi connectivity index (χ0) is 13.5. The number of hydrogen-bond acceptors (Lipinski definition) is 2. The van der Waals surface area contributed by atoms with Gasteiger partial charge in [-0.2, -0.15) is 0 Å². The maximum absolute atomic E-state index is 3.51. The molecule has 0 fully saturated rings. The highest BCUT2D eigenvalue weighted by molar-refractivity contribution is 5.83. The van der Waals surface area contributed by atoms with Crippen molar-refractivity contribution in [2.45, 2.75) is 26.3 Å². The second-order valence-corrected chi connectivity index (χ2v) is 5.17. The molecule has 0 heterocycles. The Morgan fingerprint density at radius 1 is 0.895 bits per heavy atom. The third-order valence-electron chi connectivity index (χ3n) is 3.42. The van der Waals surface area contributed by atoms with Gasteiger partial charge in [0, 0.05) is 6.54 Å². The van der Waals surface area contributed by atoms with E-state index in [4.69, 9.17) is 0 Å². The van der Waals surface area contributed by atoms with Crippen LogP contribution in [0.1, 0.15) is 24.0 Å². The van der Waals surface area contributed by atoms with Crippen molar-refractivity contribution in [3.8, 4) is 0 Å². The Bertz CT molecular complexity index is 520. The summed E-state index contributed by atoms with van der Waals surface area (Å²) in [6.45, 7) is 5.30. The molecule has 2 N–H and O–H groups in total. The first-order chi connectivity index (χ1) is 9.29. The van der Waals surface area contributed by atoms with Crippen molar-refractivity contribution in [1.82, 2.24) is 10.6 Å². The number of hydrogen-bond donors (Lipinski definition) is 2. The van der Waals surface area contributed by atoms with Gasteiger partial charge in [0.2, 0.25) is 0 Å². The van der Waals surface area contributed by atoms with Gasteiger partial charge in [-0.05, 0) is 62.3 Å². The van der Waals surface area contributed by atoms with Crippen LogP contribution in [0.4, 0.5) is 0 Å². The van der Waals surface area contributed by atoms with Gasteiger partial charge in [-0.3, -0.25) is 0 Å². The van der Waals surface area contributed by atoms with Crippen molar-refractivity contribution in [2.24, 2.45) is 0 Å². The molecule has 2 heteroatoms. The fraction of sp³-hybridized carbons (Fsp3) is 0.412. The summed E-state index contributed by atoms with van der Waals surface area (Å²) in [6.07, 6.45) is 2.47. The summed E-state index contributed by atoms with van der Waals surface area (Å²) in [7, 11) is 2.00. The molecule has 2 nitrogen and oxygen atoms in total. The average Bonchev–Trinajstić information content (AvgIpc) is 2.43. The first-order valence-corrected chi connectivity index (χ1v) is 7.14. The van der Waals surface area contributed by atoms with E-state index in [0.717, 1.165) is 19.6 Å². The summed E-state index contributed by atoms with van der Waals surface area (Å²) in [4.78, 5) is 0. The van der Waals surface area contributed by atoms with E-state index in [0.29, 0.717) is 0 Å². The predicted octanol–water partition coefficient (Wildman–Crippen LogP) is 3.24. The SMILES string of the molecule is CNCCCCNCc1ccc2cc(C)ccc2c1. The van der Waals surface area contributed by atoms with Crippen molar-refractivity contribution >= 4 is 10.8 Å². The van der Waals surface area contributed by atoms with Crippen LogP contribution in [0.2, 0.25) is 0 Å². The number of rotatable bonds is 7. The molecule has 2 aromatic rings. The van der Waals surface area contributed by atoms with E-state index in [9.17, 15) is 0 Å². The van der Waals surface area contributed by atoms with Crippen LogP contribution in [0.15, 0.2) is 36.4 Å². The molecule has 0 aliphatic rings. The zero-order valence-corrected chi connectivity index (χ0v) is 12.0. The fourth-order valence-electron chi connectivity index (χ4n) is 2.31. The smallest absolute Gasteiger partial charge is 0.0205 e. The molecule has 0 atom stereocenters. The predicted molar refractivity (Wildman–Crippen MR) is 83.6 cm³/mol. The van der Waals surface area contributed by atoms with Crippen LogP contribution >= 0.6 is 0 Å². The Labute approximate surface area is 116 Å². The number of benzene rings is 2. The maximum Gasteiger partial charge on any atom is 0.0205 e. The molecule has 2 aromatic carbocycles. The minimum absolute atomic E-state index is 0.962. The lowest BCUT2D eigenvalue weighted by atomic mass is 10.0. The summed E-state index contributed by atoms with van der Waals surface area (Å²) in [5.74, 6) is 0. The lowest BCUT2D eigenvalue weighted by Gasteiger charge is -2.07. The molecule has 0 saturated carbocycles. The Morgan fingerprint density at radius 3 is 2.47 bits per heavy atom. The zero-order valence-electron chi connectivity index (χ0n) is 12.0. The second kappa shape index (κ2) is 7.27. The number of aryl methyl sites for hydroxylation is 1. The van der Waals surface area contributed by atoms with Gasteiger partial charge < -0.3 is 10.6 Å². The largest absolute Gasteiger partial charge is 0.320 e. The summed E-state index contributed by atoms with van der Waals surface area (Å²) >= 11 is 0. The molecule has 19 heavy (non-hydrogen) atoms. The normalized spacial score (nSPS) is 11.1. The molecule has 0 bridgehead atoms. The van der Waals surface area contributed by atoms with Crippen LogP contribution in [-0.2, 0) is 6.54 Å². The van der Waals surface area contributed by atoms with Crippen molar-refractivity contribution in [3.05, 3.63) is 47.5 Å². The molecule has 0 aliphatic carbocycles. The first-order valence-electron chi connectivity index (χ1n) is 7.14. The molecule has 0 saturated heterocycles. The topological polar surface area (TPSA) is 24.1 Å². The molecule has 102 valence electrons. The maximum atomic E-state index is 3.51. The summed E-state index contributed by atoms with van der Waals surface area (Å²) in [6, 6.07) is 13.4. The summed E-state index contributed by atoms with van der Waals surface area (Å²) < 4.78 is 0. The van der Waals surface area contributed by atoms with E-state index in [1.807, 2.05) is 7.05 Å². The summed E-state index contributed by atoms with van der Waals surface area (Å²) in [5, 5.41) is 9.35. The van der Waals surface area contributed by atoms with E-state index in [-0.39, 0.29) is 0 Å². The molecule has 0 unspecified atom stereocenters. The van der Waals surface area contributed by atoms with Crippen LogP contribution in [0, 0.1) is 6.92 Å². The fourth-order valence-corrected chi connectivity index (χ4v) is 2.31. The van der Waals surface area contributed by atoms with Crippen molar-refractivity contribution in [2.75, 3.05) is 20.1 Å². The van der Waals surface area contributed by atoms with Gasteiger partial charge >= 0.3 is 0 Å². The second-order valence-electron chi connectivity index (χ2n) is 5.17. The Kier molecular flexibility index (Phi) is 5.37. The van der Waals surface area contributed by atoms with Gasteiger partial charge in [0.05, 0.1) is 0 Å². The number of nitrogens with one attached hydrogen (secondary N) is 2. The van der Waals surface area contributed by atoms with Crippen LogP contribution in [0.25, 0.3) is 10.8 Å². The van der Waals surface area contributed by atoms with Gasteiger partial charge in [-0.25, -0.2) is 0 Å². The Morgan fingerprint density at radius 2 is 1.63 bits per heavy atom. The van der Waals surface area contributed by atoms with Gasteiger partial charge in [0.25, 0.3) is 0 Å². The third kappa shape index (κ3) is 4.34. The molecule has 0 radical (unpaired) electrons. The van der Waals surface area contributed by atoms with Gasteiger partial charge in [0.15, 0.2) is 0 Å². The van der Waals surface area contributed by atoms with Gasteiger partial charge in [0.1, 0.15) is 0 Å². The van der Waals surface area contributed by atoms with Crippen molar-refractivity contribution in [1.29, 1.82) is 0 Å². The van der Waals surface area contributed by atoms with Crippen LogP contribution in [-0.4, -0.2) is 20.1 Å². The quantitative estimate of drug-likeness (QED) is 0.743. The van der Waals surface area contributed by atoms with Crippen molar-refractivity contribution < 1.29 is 0 Å². The minimum atomic E-state index is 0.962. The third-order valence-corrected chi connectivity index (χ3v) is 3.42. The molecule has 0 aliphatic heterocycles. The van der Waals surface area contributed by atoms with Gasteiger partial charge in [-0.1, -0.05) is 35.9 Å². The monoisotopic (exact) mass is 256 g/mol. The van der Waals surface area contributed by atoms with Gasteiger partial charge in [-0.15, -0.1) is 0 Å². The van der Waals surface area contributed by atoms with Crippen LogP contribution < -0.4 is 10.6 Å². The molecule has 2 rings (SSSR count). The van der Waals surface area contributed by atoms with E-state index < -0.39 is 0 Å². The highest BCUT2D eigenvalue weighted by atomic mass is 14.8.